The van der Waals surface area contributed by atoms with Crippen molar-refractivity contribution in [2.45, 2.75) is 30.6 Å². The van der Waals surface area contributed by atoms with E-state index < -0.39 is 10.0 Å². The van der Waals surface area contributed by atoms with Crippen molar-refractivity contribution in [1.82, 2.24) is 14.7 Å². The topological polar surface area (TPSA) is 84.0 Å². The first-order chi connectivity index (χ1) is 11.4. The highest BCUT2D eigenvalue weighted by Crippen LogP contribution is 2.38. The molecule has 0 radical (unpaired) electrons. The van der Waals surface area contributed by atoms with Gasteiger partial charge in [-0.15, -0.1) is 0 Å². The zero-order chi connectivity index (χ0) is 17.2. The normalized spacial score (nSPS) is 14.6. The number of sulfonamides is 1. The quantitative estimate of drug-likeness (QED) is 0.581. The first-order valence-corrected chi connectivity index (χ1v) is 9.65. The van der Waals surface area contributed by atoms with Crippen LogP contribution in [0.15, 0.2) is 35.2 Å². The van der Waals surface area contributed by atoms with Gasteiger partial charge in [0.15, 0.2) is 0 Å². The van der Waals surface area contributed by atoms with Gasteiger partial charge >= 0.3 is 0 Å². The maximum absolute atomic E-state index is 12.2. The molecular weight excluding hydrogens is 348 g/mol. The molecule has 0 aliphatic heterocycles. The molecule has 2 N–H and O–H groups in total. The zero-order valence-electron chi connectivity index (χ0n) is 13.3. The monoisotopic (exact) mass is 366 g/mol. The van der Waals surface area contributed by atoms with E-state index in [1.165, 1.54) is 0 Å². The molecule has 128 valence electrons. The molecule has 8 heteroatoms. The number of benzene rings is 1. The molecule has 0 unspecified atom stereocenters. The van der Waals surface area contributed by atoms with Crippen molar-refractivity contribution in [2.24, 2.45) is 0 Å². The van der Waals surface area contributed by atoms with Crippen LogP contribution in [0, 0.1) is 6.92 Å². The van der Waals surface area contributed by atoms with Gasteiger partial charge in [-0.1, -0.05) is 29.3 Å². The highest BCUT2D eigenvalue weighted by atomic mass is 35.5. The average Bonchev–Trinajstić information content (AvgIpc) is 3.36. The van der Waals surface area contributed by atoms with E-state index in [-0.39, 0.29) is 11.4 Å². The molecule has 1 aromatic heterocycles. The van der Waals surface area contributed by atoms with Crippen LogP contribution >= 0.6 is 11.6 Å². The van der Waals surface area contributed by atoms with E-state index in [2.05, 4.69) is 20.0 Å². The van der Waals surface area contributed by atoms with Gasteiger partial charge in [-0.3, -0.25) is 0 Å². The molecule has 0 bridgehead atoms. The van der Waals surface area contributed by atoms with Crippen LogP contribution in [-0.2, 0) is 10.0 Å². The fourth-order valence-corrected chi connectivity index (χ4v) is 3.45. The number of nitrogens with one attached hydrogen (secondary N) is 2. The Balaban J connectivity index is 1.54. The molecule has 1 aromatic carbocycles. The number of halogens is 1. The average molecular weight is 367 g/mol. The lowest BCUT2D eigenvalue weighted by molar-refractivity contribution is 0.583. The number of anilines is 1. The minimum Gasteiger partial charge on any atom is -0.369 e. The molecule has 0 saturated heterocycles. The Morgan fingerprint density at radius 3 is 2.54 bits per heavy atom. The summed E-state index contributed by atoms with van der Waals surface area (Å²) in [6.07, 6.45) is 2.19. The summed E-state index contributed by atoms with van der Waals surface area (Å²) in [5.74, 6) is 1.78. The van der Waals surface area contributed by atoms with E-state index in [0.29, 0.717) is 23.4 Å². The SMILES string of the molecule is Cc1ccc(S(=O)(=O)NCCNc2cc(Cl)nc(C3CC3)n2)cc1. The number of aryl methyl sites for hydroxylation is 1. The van der Waals surface area contributed by atoms with Gasteiger partial charge in [-0.25, -0.2) is 23.1 Å². The van der Waals surface area contributed by atoms with Crippen LogP contribution in [0.1, 0.15) is 30.1 Å². The van der Waals surface area contributed by atoms with Crippen molar-refractivity contribution in [3.05, 3.63) is 46.9 Å². The van der Waals surface area contributed by atoms with Gasteiger partial charge in [0.1, 0.15) is 16.8 Å². The Labute approximate surface area is 146 Å². The lowest BCUT2D eigenvalue weighted by Gasteiger charge is -2.09. The molecule has 6 nitrogen and oxygen atoms in total. The van der Waals surface area contributed by atoms with Crippen LogP contribution in [0.25, 0.3) is 0 Å². The highest BCUT2D eigenvalue weighted by molar-refractivity contribution is 7.89. The molecule has 1 aliphatic carbocycles. The number of hydrogen-bond acceptors (Lipinski definition) is 5. The minimum atomic E-state index is -3.50. The first kappa shape index (κ1) is 17.1. The maximum atomic E-state index is 12.2. The lowest BCUT2D eigenvalue weighted by atomic mass is 10.2. The largest absolute Gasteiger partial charge is 0.369 e. The van der Waals surface area contributed by atoms with E-state index in [1.807, 2.05) is 6.92 Å². The smallest absolute Gasteiger partial charge is 0.240 e. The zero-order valence-corrected chi connectivity index (χ0v) is 14.9. The number of aromatic nitrogens is 2. The summed E-state index contributed by atoms with van der Waals surface area (Å²) in [6.45, 7) is 2.57. The van der Waals surface area contributed by atoms with E-state index in [1.54, 1.807) is 30.3 Å². The summed E-state index contributed by atoms with van der Waals surface area (Å²) >= 11 is 6.00. The molecule has 1 aliphatic rings. The number of rotatable bonds is 7. The second-order valence-electron chi connectivity index (χ2n) is 5.85. The number of nitrogens with zero attached hydrogens (tertiary/aromatic N) is 2. The molecule has 0 spiro atoms. The van der Waals surface area contributed by atoms with Gasteiger partial charge in [0.05, 0.1) is 4.90 Å². The van der Waals surface area contributed by atoms with E-state index in [4.69, 9.17) is 11.6 Å². The predicted molar refractivity (Wildman–Crippen MR) is 93.9 cm³/mol. The lowest BCUT2D eigenvalue weighted by Crippen LogP contribution is -2.29. The Bertz CT molecular complexity index is 820. The molecule has 0 amide bonds. The predicted octanol–water partition coefficient (Wildman–Crippen LogP) is 2.71. The maximum Gasteiger partial charge on any atom is 0.240 e. The van der Waals surface area contributed by atoms with E-state index >= 15 is 0 Å². The van der Waals surface area contributed by atoms with Crippen LogP contribution in [0.2, 0.25) is 5.15 Å². The van der Waals surface area contributed by atoms with Gasteiger partial charge in [-0.05, 0) is 31.9 Å². The first-order valence-electron chi connectivity index (χ1n) is 7.79. The highest BCUT2D eigenvalue weighted by Gasteiger charge is 2.27. The van der Waals surface area contributed by atoms with Crippen LogP contribution in [0.5, 0.6) is 0 Å². The van der Waals surface area contributed by atoms with E-state index in [9.17, 15) is 8.42 Å². The molecule has 1 saturated carbocycles. The van der Waals surface area contributed by atoms with Gasteiger partial charge in [0.2, 0.25) is 10.0 Å². The summed E-state index contributed by atoms with van der Waals surface area (Å²) in [5, 5.41) is 3.48. The van der Waals surface area contributed by atoms with Crippen LogP contribution in [0.3, 0.4) is 0 Å². The fourth-order valence-electron chi connectivity index (χ4n) is 2.23. The third-order valence-electron chi connectivity index (χ3n) is 3.71. The van der Waals surface area contributed by atoms with Crippen molar-refractivity contribution >= 4 is 27.4 Å². The molecule has 2 aromatic rings. The van der Waals surface area contributed by atoms with Crippen molar-refractivity contribution < 1.29 is 8.42 Å². The fraction of sp³-hybridized carbons (Fsp3) is 0.375. The molecule has 0 atom stereocenters. The molecule has 1 fully saturated rings. The third kappa shape index (κ3) is 4.43. The van der Waals surface area contributed by atoms with Gasteiger partial charge in [-0.2, -0.15) is 0 Å². The second-order valence-corrected chi connectivity index (χ2v) is 8.00. The number of hydrogen-bond donors (Lipinski definition) is 2. The Kier molecular flexibility index (Phi) is 5.03. The molecule has 1 heterocycles. The standard InChI is InChI=1S/C16H19ClN4O2S/c1-11-2-6-13(7-3-11)24(22,23)19-9-8-18-15-10-14(17)20-16(21-15)12-4-5-12/h2-3,6-7,10,12,19H,4-5,8-9H2,1H3,(H,18,20,21). The van der Waals surface area contributed by atoms with Crippen molar-refractivity contribution in [3.8, 4) is 0 Å². The van der Waals surface area contributed by atoms with Crippen molar-refractivity contribution in [1.29, 1.82) is 0 Å². The summed E-state index contributed by atoms with van der Waals surface area (Å²) in [6, 6.07) is 8.38. The van der Waals surface area contributed by atoms with Crippen LogP contribution in [-0.4, -0.2) is 31.5 Å². The summed E-state index contributed by atoms with van der Waals surface area (Å²) < 4.78 is 26.9. The van der Waals surface area contributed by atoms with Gasteiger partial charge in [0, 0.05) is 25.1 Å². The Morgan fingerprint density at radius 2 is 1.88 bits per heavy atom. The molecular formula is C16H19ClN4O2S. The molecule has 3 rings (SSSR count). The summed E-state index contributed by atoms with van der Waals surface area (Å²) in [7, 11) is -3.50. The van der Waals surface area contributed by atoms with Gasteiger partial charge < -0.3 is 5.32 Å². The van der Waals surface area contributed by atoms with Crippen molar-refractivity contribution in [2.75, 3.05) is 18.4 Å². The Hall–Kier alpha value is -1.70. The van der Waals surface area contributed by atoms with E-state index in [0.717, 1.165) is 24.2 Å². The second kappa shape index (κ2) is 7.04. The third-order valence-corrected chi connectivity index (χ3v) is 5.38. The van der Waals surface area contributed by atoms with Crippen LogP contribution < -0.4 is 10.0 Å². The van der Waals surface area contributed by atoms with Crippen molar-refractivity contribution in [3.63, 3.8) is 0 Å². The summed E-state index contributed by atoms with van der Waals surface area (Å²) in [4.78, 5) is 8.88. The van der Waals surface area contributed by atoms with Crippen LogP contribution in [0.4, 0.5) is 5.82 Å². The minimum absolute atomic E-state index is 0.247. The van der Waals surface area contributed by atoms with Gasteiger partial charge in [0.25, 0.3) is 0 Å². The summed E-state index contributed by atoms with van der Waals surface area (Å²) in [5.41, 5.74) is 1.02. The molecule has 24 heavy (non-hydrogen) atoms. The Morgan fingerprint density at radius 1 is 1.17 bits per heavy atom.